The highest BCUT2D eigenvalue weighted by Crippen LogP contribution is 2.33. The van der Waals surface area contributed by atoms with Crippen molar-refractivity contribution in [1.29, 1.82) is 0 Å². The van der Waals surface area contributed by atoms with Crippen LogP contribution in [0.15, 0.2) is 24.3 Å². The molecular formula is C20H28N2O4. The predicted octanol–water partition coefficient (Wildman–Crippen LogP) is 3.29. The molecule has 0 radical (unpaired) electrons. The lowest BCUT2D eigenvalue weighted by Crippen LogP contribution is -2.38. The summed E-state index contributed by atoms with van der Waals surface area (Å²) in [5.41, 5.74) is 0.998. The molecule has 0 saturated heterocycles. The zero-order valence-electron chi connectivity index (χ0n) is 15.6. The van der Waals surface area contributed by atoms with Crippen molar-refractivity contribution in [2.24, 2.45) is 17.8 Å². The third kappa shape index (κ3) is 5.31. The summed E-state index contributed by atoms with van der Waals surface area (Å²) in [7, 11) is 0. The summed E-state index contributed by atoms with van der Waals surface area (Å²) in [4.78, 5) is 35.2. The van der Waals surface area contributed by atoms with Gasteiger partial charge in [0.25, 0.3) is 5.91 Å². The maximum atomic E-state index is 12.4. The number of hydrogen-bond donors (Lipinski definition) is 3. The Bertz CT molecular complexity index is 646. The van der Waals surface area contributed by atoms with Crippen molar-refractivity contribution in [1.82, 2.24) is 5.32 Å². The van der Waals surface area contributed by atoms with Gasteiger partial charge in [-0.2, -0.15) is 0 Å². The standard InChI is InChI=1S/C20H28N2O4/c1-12(2)14-4-6-15(7-5-14)19(24)22-17-10-8-16(9-11-17)18(23)21-13(3)20(25)26/h8-15H,4-7H2,1-3H3,(H,21,23)(H,22,24)(H,25,26). The van der Waals surface area contributed by atoms with Crippen molar-refractivity contribution in [3.05, 3.63) is 29.8 Å². The molecule has 2 amide bonds. The first-order valence-electron chi connectivity index (χ1n) is 9.22. The maximum Gasteiger partial charge on any atom is 0.325 e. The Hall–Kier alpha value is -2.37. The van der Waals surface area contributed by atoms with Crippen LogP contribution < -0.4 is 10.6 Å². The molecule has 0 spiro atoms. The molecule has 1 fully saturated rings. The second-order valence-electron chi connectivity index (χ2n) is 7.46. The van der Waals surface area contributed by atoms with Crippen LogP contribution in [0.4, 0.5) is 5.69 Å². The van der Waals surface area contributed by atoms with Gasteiger partial charge < -0.3 is 15.7 Å². The molecule has 1 aromatic rings. The van der Waals surface area contributed by atoms with Gasteiger partial charge in [0.1, 0.15) is 6.04 Å². The minimum atomic E-state index is -1.09. The van der Waals surface area contributed by atoms with E-state index in [2.05, 4.69) is 24.5 Å². The number of rotatable bonds is 6. The zero-order chi connectivity index (χ0) is 19.3. The number of carbonyl (C=O) groups is 3. The van der Waals surface area contributed by atoms with Crippen LogP contribution in [0.2, 0.25) is 0 Å². The average Bonchev–Trinajstić information content (AvgIpc) is 2.62. The van der Waals surface area contributed by atoms with Gasteiger partial charge in [-0.25, -0.2) is 0 Å². The molecule has 1 aliphatic rings. The molecule has 2 rings (SSSR count). The Morgan fingerprint density at radius 1 is 1.00 bits per heavy atom. The fraction of sp³-hybridized carbons (Fsp3) is 0.550. The number of carboxylic acids is 1. The second kappa shape index (κ2) is 8.83. The number of hydrogen-bond acceptors (Lipinski definition) is 3. The van der Waals surface area contributed by atoms with E-state index in [1.807, 2.05) is 0 Å². The Kier molecular flexibility index (Phi) is 6.77. The smallest absolute Gasteiger partial charge is 0.325 e. The Morgan fingerprint density at radius 3 is 2.08 bits per heavy atom. The van der Waals surface area contributed by atoms with E-state index in [1.54, 1.807) is 24.3 Å². The first-order chi connectivity index (χ1) is 12.3. The van der Waals surface area contributed by atoms with Crippen LogP contribution in [0.5, 0.6) is 0 Å². The quantitative estimate of drug-likeness (QED) is 0.725. The highest BCUT2D eigenvalue weighted by molar-refractivity contribution is 5.97. The van der Waals surface area contributed by atoms with E-state index in [4.69, 9.17) is 5.11 Å². The highest BCUT2D eigenvalue weighted by atomic mass is 16.4. The summed E-state index contributed by atoms with van der Waals surface area (Å²) in [6.07, 6.45) is 4.03. The van der Waals surface area contributed by atoms with Crippen molar-refractivity contribution in [2.75, 3.05) is 5.32 Å². The van der Waals surface area contributed by atoms with E-state index in [0.29, 0.717) is 23.1 Å². The number of aliphatic carboxylic acids is 1. The molecule has 0 heterocycles. The lowest BCUT2D eigenvalue weighted by molar-refractivity contribution is -0.138. The Morgan fingerprint density at radius 2 is 1.58 bits per heavy atom. The van der Waals surface area contributed by atoms with Crippen molar-refractivity contribution in [2.45, 2.75) is 52.5 Å². The van der Waals surface area contributed by atoms with Crippen molar-refractivity contribution in [3.63, 3.8) is 0 Å². The van der Waals surface area contributed by atoms with Crippen LogP contribution in [0.25, 0.3) is 0 Å². The van der Waals surface area contributed by atoms with Gasteiger partial charge in [0.05, 0.1) is 0 Å². The third-order valence-electron chi connectivity index (χ3n) is 5.22. The predicted molar refractivity (Wildman–Crippen MR) is 99.9 cm³/mol. The van der Waals surface area contributed by atoms with Gasteiger partial charge >= 0.3 is 5.97 Å². The van der Waals surface area contributed by atoms with E-state index in [9.17, 15) is 14.4 Å². The van der Waals surface area contributed by atoms with Crippen LogP contribution in [-0.2, 0) is 9.59 Å². The molecular weight excluding hydrogens is 332 g/mol. The number of anilines is 1. The molecule has 1 aromatic carbocycles. The summed E-state index contributed by atoms with van der Waals surface area (Å²) in [6, 6.07) is 5.53. The van der Waals surface area contributed by atoms with Gasteiger partial charge in [-0.15, -0.1) is 0 Å². The maximum absolute atomic E-state index is 12.4. The number of carbonyl (C=O) groups excluding carboxylic acids is 2. The number of amides is 2. The molecule has 6 nitrogen and oxygen atoms in total. The molecule has 1 unspecified atom stereocenters. The lowest BCUT2D eigenvalue weighted by atomic mass is 9.76. The summed E-state index contributed by atoms with van der Waals surface area (Å²) in [6.45, 7) is 5.88. The number of benzene rings is 1. The molecule has 0 aliphatic heterocycles. The Balaban J connectivity index is 1.88. The SMILES string of the molecule is CC(NC(=O)c1ccc(NC(=O)C2CCC(C(C)C)CC2)cc1)C(=O)O. The molecule has 0 bridgehead atoms. The number of carboxylic acid groups (broad SMARTS) is 1. The normalized spacial score (nSPS) is 21.1. The van der Waals surface area contributed by atoms with Gasteiger partial charge in [-0.3, -0.25) is 14.4 Å². The molecule has 142 valence electrons. The van der Waals surface area contributed by atoms with Gasteiger partial charge in [0.15, 0.2) is 0 Å². The molecule has 1 saturated carbocycles. The Labute approximate surface area is 154 Å². The van der Waals surface area contributed by atoms with Crippen molar-refractivity contribution < 1.29 is 19.5 Å². The van der Waals surface area contributed by atoms with Gasteiger partial charge in [-0.1, -0.05) is 13.8 Å². The van der Waals surface area contributed by atoms with E-state index in [-0.39, 0.29) is 11.8 Å². The van der Waals surface area contributed by atoms with Gasteiger partial charge in [-0.05, 0) is 68.7 Å². The molecule has 1 aliphatic carbocycles. The van der Waals surface area contributed by atoms with Gasteiger partial charge in [0.2, 0.25) is 5.91 Å². The van der Waals surface area contributed by atoms with Crippen molar-refractivity contribution in [3.8, 4) is 0 Å². The number of nitrogens with one attached hydrogen (secondary N) is 2. The molecule has 3 N–H and O–H groups in total. The topological polar surface area (TPSA) is 95.5 Å². The van der Waals surface area contributed by atoms with Crippen LogP contribution in [0, 0.1) is 17.8 Å². The summed E-state index contributed by atoms with van der Waals surface area (Å²) >= 11 is 0. The molecule has 26 heavy (non-hydrogen) atoms. The summed E-state index contributed by atoms with van der Waals surface area (Å²) in [5.74, 6) is -0.0842. The molecule has 1 atom stereocenters. The van der Waals surface area contributed by atoms with Crippen LogP contribution >= 0.6 is 0 Å². The van der Waals surface area contributed by atoms with Crippen LogP contribution in [-0.4, -0.2) is 28.9 Å². The summed E-state index contributed by atoms with van der Waals surface area (Å²) < 4.78 is 0. The average molecular weight is 360 g/mol. The first kappa shape index (κ1) is 19.9. The molecule has 6 heteroatoms. The van der Waals surface area contributed by atoms with Gasteiger partial charge in [0, 0.05) is 17.2 Å². The van der Waals surface area contributed by atoms with E-state index in [0.717, 1.165) is 25.7 Å². The first-order valence-corrected chi connectivity index (χ1v) is 9.22. The summed E-state index contributed by atoms with van der Waals surface area (Å²) in [5, 5.41) is 14.1. The van der Waals surface area contributed by atoms with Crippen LogP contribution in [0.1, 0.15) is 56.8 Å². The highest BCUT2D eigenvalue weighted by Gasteiger charge is 2.27. The largest absolute Gasteiger partial charge is 0.480 e. The second-order valence-corrected chi connectivity index (χ2v) is 7.46. The van der Waals surface area contributed by atoms with Crippen molar-refractivity contribution >= 4 is 23.5 Å². The van der Waals surface area contributed by atoms with E-state index >= 15 is 0 Å². The van der Waals surface area contributed by atoms with E-state index in [1.165, 1.54) is 6.92 Å². The van der Waals surface area contributed by atoms with E-state index < -0.39 is 17.9 Å². The minimum absolute atomic E-state index is 0.0314. The van der Waals surface area contributed by atoms with Crippen LogP contribution in [0.3, 0.4) is 0 Å². The minimum Gasteiger partial charge on any atom is -0.480 e. The lowest BCUT2D eigenvalue weighted by Gasteiger charge is -2.30. The monoisotopic (exact) mass is 360 g/mol. The molecule has 0 aromatic heterocycles. The fourth-order valence-electron chi connectivity index (χ4n) is 3.34. The third-order valence-corrected chi connectivity index (χ3v) is 5.22. The zero-order valence-corrected chi connectivity index (χ0v) is 15.6. The fourth-order valence-corrected chi connectivity index (χ4v) is 3.34.